The highest BCUT2D eigenvalue weighted by molar-refractivity contribution is 9.10. The van der Waals surface area contributed by atoms with Gasteiger partial charge < -0.3 is 5.32 Å². The Morgan fingerprint density at radius 2 is 2.26 bits per heavy atom. The van der Waals surface area contributed by atoms with Gasteiger partial charge in [0.15, 0.2) is 0 Å². The van der Waals surface area contributed by atoms with E-state index in [9.17, 15) is 0 Å². The average Bonchev–Trinajstić information content (AvgIpc) is 2.74. The van der Waals surface area contributed by atoms with Gasteiger partial charge in [0.2, 0.25) is 0 Å². The second-order valence-corrected chi connectivity index (χ2v) is 8.80. The number of hydrogen-bond acceptors (Lipinski definition) is 2. The smallest absolute Gasteiger partial charge is 0.0256 e. The molecule has 1 unspecified atom stereocenters. The van der Waals surface area contributed by atoms with Gasteiger partial charge in [-0.05, 0) is 62.0 Å². The third-order valence-electron chi connectivity index (χ3n) is 4.52. The minimum absolute atomic E-state index is 0.501. The van der Waals surface area contributed by atoms with E-state index in [0.29, 0.717) is 4.75 Å². The van der Waals surface area contributed by atoms with Crippen LogP contribution in [0.25, 0.3) is 0 Å². The first-order valence-electron chi connectivity index (χ1n) is 7.27. The fourth-order valence-corrected chi connectivity index (χ4v) is 4.83. The lowest BCUT2D eigenvalue weighted by atomic mass is 9.76. The topological polar surface area (TPSA) is 12.0 Å². The molecule has 1 aliphatic heterocycles. The average molecular weight is 340 g/mol. The van der Waals surface area contributed by atoms with E-state index < -0.39 is 0 Å². The summed E-state index contributed by atoms with van der Waals surface area (Å²) >= 11 is 5.71. The zero-order chi connectivity index (χ0) is 13.3. The van der Waals surface area contributed by atoms with Gasteiger partial charge in [-0.1, -0.05) is 28.1 Å². The molecule has 2 aliphatic rings. The van der Waals surface area contributed by atoms with E-state index in [2.05, 4.69) is 64.2 Å². The largest absolute Gasteiger partial charge is 0.313 e. The number of rotatable bonds is 4. The Hall–Kier alpha value is 0.01000. The molecule has 1 aromatic carbocycles. The molecular formula is C16H22BrNS. The van der Waals surface area contributed by atoms with Crippen LogP contribution in [0.3, 0.4) is 0 Å². The molecule has 0 radical (unpaired) electrons. The molecule has 19 heavy (non-hydrogen) atoms. The Bertz CT molecular complexity index is 436. The minimum atomic E-state index is 0.501. The number of thioether (sulfide) groups is 1. The quantitative estimate of drug-likeness (QED) is 0.862. The lowest BCUT2D eigenvalue weighted by Gasteiger charge is -2.38. The normalized spacial score (nSPS) is 34.2. The summed E-state index contributed by atoms with van der Waals surface area (Å²) in [5, 5.41) is 3.78. The third kappa shape index (κ3) is 3.37. The van der Waals surface area contributed by atoms with Crippen molar-refractivity contribution in [2.75, 3.05) is 12.3 Å². The molecule has 1 aliphatic carbocycles. The molecule has 0 spiro atoms. The summed E-state index contributed by atoms with van der Waals surface area (Å²) in [5.74, 6) is 2.11. The van der Waals surface area contributed by atoms with Crippen LogP contribution in [0.1, 0.15) is 44.1 Å². The van der Waals surface area contributed by atoms with Crippen LogP contribution in [0, 0.1) is 0 Å². The van der Waals surface area contributed by atoms with Crippen LogP contribution in [0.2, 0.25) is 0 Å². The Morgan fingerprint density at radius 1 is 1.42 bits per heavy atom. The van der Waals surface area contributed by atoms with Crippen LogP contribution in [-0.4, -0.2) is 23.1 Å². The maximum Gasteiger partial charge on any atom is 0.0256 e. The second-order valence-electron chi connectivity index (χ2n) is 6.20. The van der Waals surface area contributed by atoms with E-state index in [1.165, 1.54) is 48.0 Å². The third-order valence-corrected chi connectivity index (χ3v) is 6.55. The van der Waals surface area contributed by atoms with Crippen LogP contribution < -0.4 is 5.32 Å². The molecule has 0 amide bonds. The molecular weight excluding hydrogens is 318 g/mol. The molecule has 1 saturated carbocycles. The number of benzene rings is 1. The standard InChI is InChI=1S/C16H22BrNS/c1-16(6-3-7-19-16)11-18-15-9-13(10-15)12-4-2-5-14(17)8-12/h2,4-5,8,13,15,18H,3,6-7,9-11H2,1H3. The second kappa shape index (κ2) is 5.79. The minimum Gasteiger partial charge on any atom is -0.313 e. The molecule has 1 heterocycles. The Morgan fingerprint density at radius 3 is 2.95 bits per heavy atom. The maximum absolute atomic E-state index is 3.78. The van der Waals surface area contributed by atoms with Gasteiger partial charge in [0.05, 0.1) is 0 Å². The molecule has 104 valence electrons. The summed E-state index contributed by atoms with van der Waals surface area (Å²) in [6.07, 6.45) is 5.38. The summed E-state index contributed by atoms with van der Waals surface area (Å²) in [6.45, 7) is 3.61. The molecule has 1 aromatic rings. The molecule has 0 bridgehead atoms. The van der Waals surface area contributed by atoms with Gasteiger partial charge in [0, 0.05) is 21.8 Å². The van der Waals surface area contributed by atoms with Crippen molar-refractivity contribution >= 4 is 27.7 Å². The van der Waals surface area contributed by atoms with E-state index in [0.717, 1.165) is 12.0 Å². The van der Waals surface area contributed by atoms with Crippen LogP contribution in [-0.2, 0) is 0 Å². The van der Waals surface area contributed by atoms with Gasteiger partial charge in [0.1, 0.15) is 0 Å². The zero-order valence-electron chi connectivity index (χ0n) is 11.5. The first kappa shape index (κ1) is 14.0. The van der Waals surface area contributed by atoms with Crippen LogP contribution in [0.4, 0.5) is 0 Å². The maximum atomic E-state index is 3.78. The Balaban J connectivity index is 1.45. The van der Waals surface area contributed by atoms with Crippen LogP contribution >= 0.6 is 27.7 Å². The summed E-state index contributed by atoms with van der Waals surface area (Å²) in [4.78, 5) is 0. The van der Waals surface area contributed by atoms with E-state index in [1.807, 2.05) is 0 Å². The highest BCUT2D eigenvalue weighted by atomic mass is 79.9. The van der Waals surface area contributed by atoms with Crippen molar-refractivity contribution in [2.24, 2.45) is 0 Å². The van der Waals surface area contributed by atoms with Gasteiger partial charge in [-0.2, -0.15) is 11.8 Å². The van der Waals surface area contributed by atoms with Crippen molar-refractivity contribution in [2.45, 2.75) is 49.3 Å². The number of nitrogens with one attached hydrogen (secondary N) is 1. The van der Waals surface area contributed by atoms with E-state index in [1.54, 1.807) is 0 Å². The Kier molecular flexibility index (Phi) is 4.25. The van der Waals surface area contributed by atoms with Gasteiger partial charge in [-0.15, -0.1) is 0 Å². The fourth-order valence-electron chi connectivity index (χ4n) is 3.15. The lowest BCUT2D eigenvalue weighted by molar-refractivity contribution is 0.283. The van der Waals surface area contributed by atoms with Crippen molar-refractivity contribution < 1.29 is 0 Å². The van der Waals surface area contributed by atoms with Crippen molar-refractivity contribution in [3.05, 3.63) is 34.3 Å². The molecule has 3 rings (SSSR count). The van der Waals surface area contributed by atoms with Crippen molar-refractivity contribution in [3.63, 3.8) is 0 Å². The van der Waals surface area contributed by atoms with Crippen molar-refractivity contribution in [3.8, 4) is 0 Å². The molecule has 0 aromatic heterocycles. The summed E-state index contributed by atoms with van der Waals surface area (Å²) < 4.78 is 1.71. The predicted molar refractivity (Wildman–Crippen MR) is 88.0 cm³/mol. The summed E-state index contributed by atoms with van der Waals surface area (Å²) in [6, 6.07) is 9.53. The number of hydrogen-bond donors (Lipinski definition) is 1. The number of halogens is 1. The molecule has 2 fully saturated rings. The summed E-state index contributed by atoms with van der Waals surface area (Å²) in [5.41, 5.74) is 1.49. The van der Waals surface area contributed by atoms with Crippen LogP contribution in [0.15, 0.2) is 28.7 Å². The molecule has 1 N–H and O–H groups in total. The zero-order valence-corrected chi connectivity index (χ0v) is 13.9. The van der Waals surface area contributed by atoms with E-state index in [-0.39, 0.29) is 0 Å². The highest BCUT2D eigenvalue weighted by Crippen LogP contribution is 2.40. The predicted octanol–water partition coefficient (Wildman–Crippen LogP) is 4.57. The molecule has 3 heteroatoms. The Labute approximate surface area is 129 Å². The van der Waals surface area contributed by atoms with E-state index in [4.69, 9.17) is 0 Å². The molecule has 1 saturated heterocycles. The fraction of sp³-hybridized carbons (Fsp3) is 0.625. The lowest BCUT2D eigenvalue weighted by Crippen LogP contribution is -2.45. The SMILES string of the molecule is CC1(CNC2CC(c3cccc(Br)c3)C2)CCCS1. The van der Waals surface area contributed by atoms with Gasteiger partial charge in [0.25, 0.3) is 0 Å². The van der Waals surface area contributed by atoms with Gasteiger partial charge >= 0.3 is 0 Å². The van der Waals surface area contributed by atoms with Crippen LogP contribution in [0.5, 0.6) is 0 Å². The van der Waals surface area contributed by atoms with Gasteiger partial charge in [-0.25, -0.2) is 0 Å². The van der Waals surface area contributed by atoms with Crippen molar-refractivity contribution in [1.82, 2.24) is 5.32 Å². The first-order valence-corrected chi connectivity index (χ1v) is 9.05. The summed E-state index contributed by atoms with van der Waals surface area (Å²) in [7, 11) is 0. The molecule has 1 nitrogen and oxygen atoms in total. The van der Waals surface area contributed by atoms with Crippen molar-refractivity contribution in [1.29, 1.82) is 0 Å². The monoisotopic (exact) mass is 339 g/mol. The highest BCUT2D eigenvalue weighted by Gasteiger charge is 2.34. The van der Waals surface area contributed by atoms with Gasteiger partial charge in [-0.3, -0.25) is 0 Å². The first-order chi connectivity index (χ1) is 9.15. The van der Waals surface area contributed by atoms with E-state index >= 15 is 0 Å². The molecule has 1 atom stereocenters.